The van der Waals surface area contributed by atoms with E-state index in [1.165, 1.54) is 11.1 Å². The number of hydroxylamine groups is 1. The van der Waals surface area contributed by atoms with Gasteiger partial charge >= 0.3 is 0 Å². The first kappa shape index (κ1) is 24.2. The van der Waals surface area contributed by atoms with Gasteiger partial charge in [-0.3, -0.25) is 14.4 Å². The summed E-state index contributed by atoms with van der Waals surface area (Å²) in [5.74, 6) is -0.439. The van der Waals surface area contributed by atoms with Crippen LogP contribution in [0.15, 0.2) is 78.9 Å². The number of hydrogen-bond acceptors (Lipinski definition) is 4. The minimum Gasteiger partial charge on any atom is -0.325 e. The van der Waals surface area contributed by atoms with Crippen LogP contribution in [-0.4, -0.2) is 18.4 Å². The summed E-state index contributed by atoms with van der Waals surface area (Å²) in [4.78, 5) is 28.9. The molecule has 6 nitrogen and oxygen atoms in total. The van der Waals surface area contributed by atoms with Gasteiger partial charge in [-0.1, -0.05) is 66.7 Å². The Morgan fingerprint density at radius 2 is 1.39 bits per heavy atom. The molecule has 0 aliphatic rings. The van der Waals surface area contributed by atoms with E-state index in [2.05, 4.69) is 47.2 Å². The van der Waals surface area contributed by atoms with Crippen molar-refractivity contribution in [3.05, 3.63) is 101 Å². The third kappa shape index (κ3) is 8.88. The number of nitrogens with two attached hydrogens (primary N) is 1. The number of nitrogens with one attached hydrogen (secondary N) is 2. The molecule has 3 rings (SSSR count). The Balaban J connectivity index is 1.36. The maximum Gasteiger partial charge on any atom is 0.247 e. The summed E-state index contributed by atoms with van der Waals surface area (Å²) < 4.78 is 0. The van der Waals surface area contributed by atoms with E-state index in [0.717, 1.165) is 36.8 Å². The fourth-order valence-electron chi connectivity index (χ4n) is 3.52. The number of rotatable bonds is 12. The number of benzene rings is 3. The third-order valence-electron chi connectivity index (χ3n) is 5.23. The van der Waals surface area contributed by atoms with Gasteiger partial charge in [0, 0.05) is 5.69 Å². The Bertz CT molecular complexity index is 1020. The smallest absolute Gasteiger partial charge is 0.247 e. The lowest BCUT2D eigenvalue weighted by atomic mass is 10.0. The molecule has 0 saturated heterocycles. The number of carbonyl (C=O) groups is 2. The van der Waals surface area contributed by atoms with E-state index in [-0.39, 0.29) is 31.4 Å². The number of hydrogen-bond donors (Lipinski definition) is 3. The molecule has 0 unspecified atom stereocenters. The van der Waals surface area contributed by atoms with Gasteiger partial charge in [-0.15, -0.1) is 0 Å². The molecule has 0 aliphatic heterocycles. The van der Waals surface area contributed by atoms with Gasteiger partial charge in [-0.05, 0) is 60.1 Å². The van der Waals surface area contributed by atoms with Crippen molar-refractivity contribution in [2.24, 2.45) is 5.73 Å². The molecule has 33 heavy (non-hydrogen) atoms. The second kappa shape index (κ2) is 13.2. The van der Waals surface area contributed by atoms with Crippen LogP contribution in [0.1, 0.15) is 35.1 Å². The average molecular weight is 446 g/mol. The van der Waals surface area contributed by atoms with Crippen molar-refractivity contribution in [3.63, 3.8) is 0 Å². The molecular weight excluding hydrogens is 414 g/mol. The number of unbranched alkanes of at least 4 members (excludes halogenated alkanes) is 1. The first-order valence-corrected chi connectivity index (χ1v) is 11.2. The molecule has 0 spiro atoms. The predicted octanol–water partition coefficient (Wildman–Crippen LogP) is 3.94. The van der Waals surface area contributed by atoms with Crippen LogP contribution >= 0.6 is 0 Å². The van der Waals surface area contributed by atoms with Gasteiger partial charge < -0.3 is 11.1 Å². The molecule has 0 bridgehead atoms. The van der Waals surface area contributed by atoms with E-state index in [1.807, 2.05) is 30.3 Å². The van der Waals surface area contributed by atoms with Crippen LogP contribution in [0.25, 0.3) is 0 Å². The maximum atomic E-state index is 12.2. The molecule has 0 saturated carbocycles. The van der Waals surface area contributed by atoms with Gasteiger partial charge in [0.25, 0.3) is 0 Å². The van der Waals surface area contributed by atoms with Crippen molar-refractivity contribution in [2.45, 2.75) is 38.7 Å². The molecule has 2 amide bonds. The van der Waals surface area contributed by atoms with E-state index in [0.29, 0.717) is 5.69 Å². The zero-order chi connectivity index (χ0) is 23.3. The summed E-state index contributed by atoms with van der Waals surface area (Å²) in [5.41, 5.74) is 12.9. The highest BCUT2D eigenvalue weighted by Gasteiger charge is 2.06. The van der Waals surface area contributed by atoms with Crippen LogP contribution in [0.4, 0.5) is 5.69 Å². The van der Waals surface area contributed by atoms with Crippen molar-refractivity contribution in [2.75, 3.05) is 11.9 Å². The molecular formula is C27H31N3O3. The van der Waals surface area contributed by atoms with Crippen LogP contribution in [0, 0.1) is 0 Å². The summed E-state index contributed by atoms with van der Waals surface area (Å²) in [7, 11) is 0. The Kier molecular flexibility index (Phi) is 9.63. The summed E-state index contributed by atoms with van der Waals surface area (Å²) >= 11 is 0. The molecule has 0 aliphatic carbocycles. The van der Waals surface area contributed by atoms with Gasteiger partial charge in [-0.25, -0.2) is 5.48 Å². The van der Waals surface area contributed by atoms with Crippen LogP contribution in [0.2, 0.25) is 0 Å². The van der Waals surface area contributed by atoms with E-state index in [1.54, 1.807) is 12.1 Å². The van der Waals surface area contributed by atoms with E-state index in [9.17, 15) is 9.59 Å². The Hall–Kier alpha value is -3.48. The van der Waals surface area contributed by atoms with Crippen molar-refractivity contribution in [1.82, 2.24) is 5.48 Å². The van der Waals surface area contributed by atoms with Crippen molar-refractivity contribution >= 4 is 17.5 Å². The molecule has 0 fully saturated rings. The second-order valence-corrected chi connectivity index (χ2v) is 7.95. The lowest BCUT2D eigenvalue weighted by Crippen LogP contribution is -2.25. The monoisotopic (exact) mass is 445 g/mol. The second-order valence-electron chi connectivity index (χ2n) is 7.95. The first-order chi connectivity index (χ1) is 16.1. The maximum absolute atomic E-state index is 12.2. The molecule has 4 N–H and O–H groups in total. The molecule has 3 aromatic carbocycles. The van der Waals surface area contributed by atoms with E-state index >= 15 is 0 Å². The predicted molar refractivity (Wildman–Crippen MR) is 130 cm³/mol. The fraction of sp³-hybridized carbons (Fsp3) is 0.259. The number of carbonyl (C=O) groups excluding carboxylic acids is 2. The average Bonchev–Trinajstić information content (AvgIpc) is 2.84. The summed E-state index contributed by atoms with van der Waals surface area (Å²) in [6.07, 6.45) is 4.61. The van der Waals surface area contributed by atoms with E-state index in [4.69, 9.17) is 10.6 Å². The topological polar surface area (TPSA) is 93.5 Å². The highest BCUT2D eigenvalue weighted by atomic mass is 16.6. The normalized spacial score (nSPS) is 10.6. The lowest BCUT2D eigenvalue weighted by Gasteiger charge is -2.09. The number of aryl methyl sites for hydroxylation is 2. The molecule has 0 atom stereocenters. The zero-order valence-electron chi connectivity index (χ0n) is 18.8. The van der Waals surface area contributed by atoms with Gasteiger partial charge in [0.05, 0.1) is 19.6 Å². The van der Waals surface area contributed by atoms with Gasteiger partial charge in [0.15, 0.2) is 0 Å². The summed E-state index contributed by atoms with van der Waals surface area (Å²) in [5, 5.41) is 2.67. The zero-order valence-corrected chi connectivity index (χ0v) is 18.8. The first-order valence-electron chi connectivity index (χ1n) is 11.2. The van der Waals surface area contributed by atoms with Gasteiger partial charge in [0.1, 0.15) is 0 Å². The Morgan fingerprint density at radius 3 is 2.12 bits per heavy atom. The molecule has 6 heteroatoms. The Labute approximate surface area is 195 Å². The Morgan fingerprint density at radius 1 is 0.727 bits per heavy atom. The molecule has 0 aromatic heterocycles. The van der Waals surface area contributed by atoms with Gasteiger partial charge in [0.2, 0.25) is 11.8 Å². The van der Waals surface area contributed by atoms with Gasteiger partial charge in [-0.2, -0.15) is 0 Å². The molecule has 3 aromatic rings. The summed E-state index contributed by atoms with van der Waals surface area (Å²) in [6, 6.07) is 25.9. The fourth-order valence-corrected chi connectivity index (χ4v) is 3.52. The minimum atomic E-state index is -0.248. The minimum absolute atomic E-state index is 0.0614. The standard InChI is InChI=1S/C27H31N3O3/c28-19-27(32)29-25-15-13-23(14-16-25)20-33-30-26(31)18-24-12-6-11-22(17-24)10-5-4-9-21-7-2-1-3-8-21/h1-3,6-8,11-17H,4-5,9-10,18-20,28H2,(H,29,32)(H,30,31). The van der Waals surface area contributed by atoms with Crippen molar-refractivity contribution in [3.8, 4) is 0 Å². The number of amides is 2. The molecule has 0 radical (unpaired) electrons. The van der Waals surface area contributed by atoms with Crippen LogP contribution in [0.5, 0.6) is 0 Å². The van der Waals surface area contributed by atoms with E-state index < -0.39 is 0 Å². The lowest BCUT2D eigenvalue weighted by molar-refractivity contribution is -0.133. The highest BCUT2D eigenvalue weighted by molar-refractivity contribution is 5.92. The van der Waals surface area contributed by atoms with Crippen LogP contribution in [-0.2, 0) is 40.3 Å². The SMILES string of the molecule is NCC(=O)Nc1ccc(CONC(=O)Cc2cccc(CCCCc3ccccc3)c2)cc1. The van der Waals surface area contributed by atoms with Crippen molar-refractivity contribution in [1.29, 1.82) is 0 Å². The largest absolute Gasteiger partial charge is 0.325 e. The molecule has 0 heterocycles. The quantitative estimate of drug-likeness (QED) is 0.291. The third-order valence-corrected chi connectivity index (χ3v) is 5.23. The number of anilines is 1. The summed E-state index contributed by atoms with van der Waals surface area (Å²) in [6.45, 7) is 0.173. The molecule has 172 valence electrons. The van der Waals surface area contributed by atoms with Crippen LogP contribution in [0.3, 0.4) is 0 Å². The highest BCUT2D eigenvalue weighted by Crippen LogP contribution is 2.12. The van der Waals surface area contributed by atoms with Crippen molar-refractivity contribution < 1.29 is 14.4 Å². The van der Waals surface area contributed by atoms with Crippen LogP contribution < -0.4 is 16.5 Å².